The van der Waals surface area contributed by atoms with Gasteiger partial charge >= 0.3 is 0 Å². The van der Waals surface area contributed by atoms with Crippen LogP contribution in [-0.4, -0.2) is 5.78 Å². The molecular formula is C14H9BrO2. The van der Waals surface area contributed by atoms with Crippen molar-refractivity contribution in [2.45, 2.75) is 6.92 Å². The van der Waals surface area contributed by atoms with E-state index in [4.69, 9.17) is 4.42 Å². The van der Waals surface area contributed by atoms with Gasteiger partial charge in [-0.1, -0.05) is 22.0 Å². The number of hydrogen-bond donors (Lipinski definition) is 0. The predicted octanol–water partition coefficient (Wildman–Crippen LogP) is 4.55. The van der Waals surface area contributed by atoms with Gasteiger partial charge in [-0.05, 0) is 37.3 Å². The number of Topliss-reactive ketones (excluding diaryl/α,β-unsaturated/α-hetero) is 1. The quantitative estimate of drug-likeness (QED) is 0.615. The zero-order valence-corrected chi connectivity index (χ0v) is 10.7. The van der Waals surface area contributed by atoms with Gasteiger partial charge in [-0.2, -0.15) is 0 Å². The van der Waals surface area contributed by atoms with E-state index >= 15 is 0 Å². The molecule has 3 rings (SSSR count). The lowest BCUT2D eigenvalue weighted by atomic mass is 10.1. The number of hydrogen-bond acceptors (Lipinski definition) is 2. The van der Waals surface area contributed by atoms with Gasteiger partial charge in [0.2, 0.25) is 0 Å². The van der Waals surface area contributed by atoms with Gasteiger partial charge in [0.25, 0.3) is 0 Å². The maximum Gasteiger partial charge on any atom is 0.159 e. The highest BCUT2D eigenvalue weighted by atomic mass is 79.9. The van der Waals surface area contributed by atoms with Crippen molar-refractivity contribution in [3.05, 3.63) is 46.4 Å². The summed E-state index contributed by atoms with van der Waals surface area (Å²) in [6, 6.07) is 11.5. The number of halogens is 1. The molecule has 1 aromatic heterocycles. The van der Waals surface area contributed by atoms with Gasteiger partial charge in [0.05, 0.1) is 0 Å². The summed E-state index contributed by atoms with van der Waals surface area (Å²) in [5.74, 6) is 0.0496. The van der Waals surface area contributed by atoms with Crippen LogP contribution in [0.25, 0.3) is 21.9 Å². The van der Waals surface area contributed by atoms with Crippen molar-refractivity contribution in [1.29, 1.82) is 0 Å². The Hall–Kier alpha value is -1.61. The first-order valence-electron chi connectivity index (χ1n) is 5.28. The van der Waals surface area contributed by atoms with E-state index in [1.54, 1.807) is 13.0 Å². The molecule has 0 radical (unpaired) electrons. The van der Waals surface area contributed by atoms with Gasteiger partial charge in [0.15, 0.2) is 5.78 Å². The number of ketones is 1. The van der Waals surface area contributed by atoms with Crippen LogP contribution in [0, 0.1) is 0 Å². The molecule has 0 spiro atoms. The average Bonchev–Trinajstić information content (AvgIpc) is 2.64. The number of rotatable bonds is 1. The van der Waals surface area contributed by atoms with E-state index in [0.717, 1.165) is 26.4 Å². The van der Waals surface area contributed by atoms with Crippen LogP contribution in [0.3, 0.4) is 0 Å². The number of furan rings is 1. The highest BCUT2D eigenvalue weighted by molar-refractivity contribution is 9.10. The van der Waals surface area contributed by atoms with Gasteiger partial charge in [-0.25, -0.2) is 0 Å². The normalized spacial score (nSPS) is 11.2. The smallest absolute Gasteiger partial charge is 0.159 e. The maximum atomic E-state index is 11.3. The Morgan fingerprint density at radius 2 is 1.71 bits per heavy atom. The highest BCUT2D eigenvalue weighted by Gasteiger charge is 2.09. The fraction of sp³-hybridized carbons (Fsp3) is 0.0714. The van der Waals surface area contributed by atoms with Crippen LogP contribution < -0.4 is 0 Å². The molecule has 0 aliphatic heterocycles. The molecule has 0 atom stereocenters. The van der Waals surface area contributed by atoms with E-state index in [-0.39, 0.29) is 5.78 Å². The van der Waals surface area contributed by atoms with Gasteiger partial charge in [-0.3, -0.25) is 4.79 Å². The highest BCUT2D eigenvalue weighted by Crippen LogP contribution is 2.31. The predicted molar refractivity (Wildman–Crippen MR) is 71.4 cm³/mol. The standard InChI is InChI=1S/C14H9BrO2/c1-8(16)9-2-4-11-12-5-3-10(15)7-14(12)17-13(11)6-9/h2-7H,1H3. The molecule has 84 valence electrons. The summed E-state index contributed by atoms with van der Waals surface area (Å²) in [5, 5.41) is 2.11. The molecule has 1 heterocycles. The molecule has 3 heteroatoms. The van der Waals surface area contributed by atoms with Crippen LogP contribution in [0.4, 0.5) is 0 Å². The molecule has 0 saturated carbocycles. The van der Waals surface area contributed by atoms with E-state index in [1.807, 2.05) is 30.3 Å². The molecule has 0 aliphatic rings. The molecular weight excluding hydrogens is 280 g/mol. The third kappa shape index (κ3) is 1.67. The van der Waals surface area contributed by atoms with Crippen molar-refractivity contribution >= 4 is 43.7 Å². The molecule has 0 fully saturated rings. The first kappa shape index (κ1) is 10.5. The van der Waals surface area contributed by atoms with Gasteiger partial charge in [0.1, 0.15) is 11.2 Å². The molecule has 0 N–H and O–H groups in total. The number of carbonyl (C=O) groups is 1. The van der Waals surface area contributed by atoms with Gasteiger partial charge < -0.3 is 4.42 Å². The SMILES string of the molecule is CC(=O)c1ccc2c(c1)oc1cc(Br)ccc12. The van der Waals surface area contributed by atoms with Crippen molar-refractivity contribution in [2.75, 3.05) is 0 Å². The lowest BCUT2D eigenvalue weighted by Crippen LogP contribution is -1.89. The van der Waals surface area contributed by atoms with Crippen LogP contribution in [0.5, 0.6) is 0 Å². The van der Waals surface area contributed by atoms with Crippen LogP contribution in [0.15, 0.2) is 45.3 Å². The van der Waals surface area contributed by atoms with Crippen LogP contribution in [0.2, 0.25) is 0 Å². The summed E-state index contributed by atoms with van der Waals surface area (Å²) in [5.41, 5.74) is 2.26. The van der Waals surface area contributed by atoms with E-state index < -0.39 is 0 Å². The molecule has 0 aliphatic carbocycles. The summed E-state index contributed by atoms with van der Waals surface area (Å²) >= 11 is 3.41. The van der Waals surface area contributed by atoms with Crippen LogP contribution in [-0.2, 0) is 0 Å². The third-order valence-corrected chi connectivity index (χ3v) is 3.34. The van der Waals surface area contributed by atoms with E-state index in [1.165, 1.54) is 0 Å². The molecule has 17 heavy (non-hydrogen) atoms. The fourth-order valence-corrected chi connectivity index (χ4v) is 2.31. The van der Waals surface area contributed by atoms with Crippen molar-refractivity contribution < 1.29 is 9.21 Å². The Bertz CT molecular complexity index is 740. The van der Waals surface area contributed by atoms with Crippen molar-refractivity contribution in [1.82, 2.24) is 0 Å². The Labute approximate surface area is 106 Å². The lowest BCUT2D eigenvalue weighted by Gasteiger charge is -1.94. The minimum atomic E-state index is 0.0496. The van der Waals surface area contributed by atoms with Crippen molar-refractivity contribution in [2.24, 2.45) is 0 Å². The number of fused-ring (bicyclic) bond motifs is 3. The number of carbonyl (C=O) groups excluding carboxylic acids is 1. The second-order valence-corrected chi connectivity index (χ2v) is 4.93. The topological polar surface area (TPSA) is 30.2 Å². The number of benzene rings is 2. The molecule has 2 nitrogen and oxygen atoms in total. The second kappa shape index (κ2) is 3.70. The van der Waals surface area contributed by atoms with Crippen molar-refractivity contribution in [3.8, 4) is 0 Å². The second-order valence-electron chi connectivity index (χ2n) is 4.01. The Kier molecular flexibility index (Phi) is 2.30. The summed E-state index contributed by atoms with van der Waals surface area (Å²) in [4.78, 5) is 11.3. The largest absolute Gasteiger partial charge is 0.456 e. The molecule has 0 unspecified atom stereocenters. The lowest BCUT2D eigenvalue weighted by molar-refractivity contribution is 0.101. The zero-order chi connectivity index (χ0) is 12.0. The monoisotopic (exact) mass is 288 g/mol. The molecule has 0 amide bonds. The van der Waals surface area contributed by atoms with Crippen molar-refractivity contribution in [3.63, 3.8) is 0 Å². The first-order chi connectivity index (χ1) is 8.15. The average molecular weight is 289 g/mol. The van der Waals surface area contributed by atoms with E-state index in [2.05, 4.69) is 15.9 Å². The summed E-state index contributed by atoms with van der Waals surface area (Å²) in [6.45, 7) is 1.56. The Balaban J connectivity index is 2.38. The minimum absolute atomic E-state index is 0.0496. The Morgan fingerprint density at radius 1 is 1.06 bits per heavy atom. The van der Waals surface area contributed by atoms with Crippen LogP contribution in [0.1, 0.15) is 17.3 Å². The van der Waals surface area contributed by atoms with E-state index in [0.29, 0.717) is 5.56 Å². The summed E-state index contributed by atoms with van der Waals surface area (Å²) in [7, 11) is 0. The molecule has 2 aromatic carbocycles. The van der Waals surface area contributed by atoms with Gasteiger partial charge in [-0.15, -0.1) is 0 Å². The maximum absolute atomic E-state index is 11.3. The van der Waals surface area contributed by atoms with E-state index in [9.17, 15) is 4.79 Å². The zero-order valence-electron chi connectivity index (χ0n) is 9.16. The fourth-order valence-electron chi connectivity index (χ4n) is 1.97. The summed E-state index contributed by atoms with van der Waals surface area (Å²) in [6.07, 6.45) is 0. The summed E-state index contributed by atoms with van der Waals surface area (Å²) < 4.78 is 6.72. The minimum Gasteiger partial charge on any atom is -0.456 e. The molecule has 0 saturated heterocycles. The molecule has 0 bridgehead atoms. The first-order valence-corrected chi connectivity index (χ1v) is 6.07. The van der Waals surface area contributed by atoms with Crippen LogP contribution >= 0.6 is 15.9 Å². The molecule has 3 aromatic rings. The third-order valence-electron chi connectivity index (χ3n) is 2.84. The van der Waals surface area contributed by atoms with Gasteiger partial charge in [0, 0.05) is 20.8 Å². The Morgan fingerprint density at radius 3 is 2.41 bits per heavy atom.